The molecular formula is C19H25N5. The van der Waals surface area contributed by atoms with E-state index in [1.165, 1.54) is 11.1 Å². The van der Waals surface area contributed by atoms with Crippen LogP contribution in [-0.2, 0) is 6.42 Å². The van der Waals surface area contributed by atoms with Crippen LogP contribution in [0.4, 0.5) is 11.8 Å². The molecule has 3 atom stereocenters. The molecule has 5 nitrogen and oxygen atoms in total. The van der Waals surface area contributed by atoms with E-state index in [1.54, 1.807) is 0 Å². The van der Waals surface area contributed by atoms with Gasteiger partial charge in [-0.2, -0.15) is 4.98 Å². The minimum Gasteiger partial charge on any atom is -0.368 e. The molecule has 5 heteroatoms. The number of fused-ring (bicyclic) bond motifs is 1. The number of anilines is 2. The molecule has 4 N–H and O–H groups in total. The Morgan fingerprint density at radius 2 is 1.96 bits per heavy atom. The van der Waals surface area contributed by atoms with Crippen molar-refractivity contribution in [3.05, 3.63) is 47.2 Å². The molecule has 2 aromatic rings. The fraction of sp³-hybridized carbons (Fsp3) is 0.474. The van der Waals surface area contributed by atoms with Gasteiger partial charge in [0.2, 0.25) is 5.95 Å². The minimum absolute atomic E-state index is 0.209. The summed E-state index contributed by atoms with van der Waals surface area (Å²) in [5, 5.41) is 0. The summed E-state index contributed by atoms with van der Waals surface area (Å²) < 4.78 is 0. The SMILES string of the molecule is C[C@@H]1C[C@H](N)CN1c1nc(N)nc2c1CCCC2c1ccccc1. The predicted molar refractivity (Wildman–Crippen MR) is 97.1 cm³/mol. The fourth-order valence-corrected chi connectivity index (χ4v) is 4.27. The van der Waals surface area contributed by atoms with Crippen LogP contribution in [0.3, 0.4) is 0 Å². The molecule has 1 unspecified atom stereocenters. The topological polar surface area (TPSA) is 81.1 Å². The summed E-state index contributed by atoms with van der Waals surface area (Å²) in [6.45, 7) is 3.06. The van der Waals surface area contributed by atoms with E-state index in [0.29, 0.717) is 17.9 Å². The quantitative estimate of drug-likeness (QED) is 0.887. The molecule has 0 spiro atoms. The van der Waals surface area contributed by atoms with E-state index >= 15 is 0 Å². The summed E-state index contributed by atoms with van der Waals surface area (Å²) in [7, 11) is 0. The van der Waals surface area contributed by atoms with Crippen molar-refractivity contribution in [2.24, 2.45) is 5.73 Å². The van der Waals surface area contributed by atoms with Crippen LogP contribution in [0.5, 0.6) is 0 Å². The smallest absolute Gasteiger partial charge is 0.222 e. The first-order chi connectivity index (χ1) is 11.6. The predicted octanol–water partition coefficient (Wildman–Crippen LogP) is 2.45. The Morgan fingerprint density at radius 3 is 2.67 bits per heavy atom. The summed E-state index contributed by atoms with van der Waals surface area (Å²) in [6.07, 6.45) is 4.29. The van der Waals surface area contributed by atoms with Gasteiger partial charge in [0, 0.05) is 30.1 Å². The monoisotopic (exact) mass is 323 g/mol. The molecule has 0 saturated carbocycles. The first-order valence-electron chi connectivity index (χ1n) is 8.87. The summed E-state index contributed by atoms with van der Waals surface area (Å²) in [4.78, 5) is 11.6. The van der Waals surface area contributed by atoms with Gasteiger partial charge in [0.05, 0.1) is 5.69 Å². The van der Waals surface area contributed by atoms with Gasteiger partial charge in [0.15, 0.2) is 0 Å². The van der Waals surface area contributed by atoms with Crippen molar-refractivity contribution >= 4 is 11.8 Å². The summed E-state index contributed by atoms with van der Waals surface area (Å²) in [5.41, 5.74) is 16.0. The number of hydrogen-bond donors (Lipinski definition) is 2. The number of nitrogen functional groups attached to an aromatic ring is 1. The van der Waals surface area contributed by atoms with Crippen LogP contribution in [0.25, 0.3) is 0 Å². The van der Waals surface area contributed by atoms with Crippen LogP contribution in [0.2, 0.25) is 0 Å². The Morgan fingerprint density at radius 1 is 1.17 bits per heavy atom. The van der Waals surface area contributed by atoms with Crippen LogP contribution < -0.4 is 16.4 Å². The van der Waals surface area contributed by atoms with Crippen LogP contribution in [0, 0.1) is 0 Å². The average Bonchev–Trinajstić information content (AvgIpc) is 2.92. The van der Waals surface area contributed by atoms with E-state index in [9.17, 15) is 0 Å². The maximum absolute atomic E-state index is 6.17. The standard InChI is InChI=1S/C19H25N5/c1-12-10-14(20)11-24(12)18-16-9-5-8-15(13-6-3-2-4-7-13)17(16)22-19(21)23-18/h2-4,6-7,12,14-15H,5,8-11,20H2,1H3,(H2,21,22,23)/t12-,14+,15?/m1/s1. The lowest BCUT2D eigenvalue weighted by atomic mass is 9.82. The summed E-state index contributed by atoms with van der Waals surface area (Å²) in [5.74, 6) is 1.70. The van der Waals surface area contributed by atoms with E-state index in [1.807, 2.05) is 0 Å². The zero-order valence-corrected chi connectivity index (χ0v) is 14.2. The highest BCUT2D eigenvalue weighted by atomic mass is 15.3. The molecule has 1 aliphatic carbocycles. The number of nitrogens with two attached hydrogens (primary N) is 2. The highest BCUT2D eigenvalue weighted by molar-refractivity contribution is 5.56. The van der Waals surface area contributed by atoms with Crippen molar-refractivity contribution in [2.45, 2.75) is 50.6 Å². The zero-order chi connectivity index (χ0) is 16.7. The van der Waals surface area contributed by atoms with Crippen LogP contribution in [0.15, 0.2) is 30.3 Å². The molecule has 24 heavy (non-hydrogen) atoms. The van der Waals surface area contributed by atoms with E-state index in [2.05, 4.69) is 52.1 Å². The van der Waals surface area contributed by atoms with Gasteiger partial charge < -0.3 is 16.4 Å². The van der Waals surface area contributed by atoms with Gasteiger partial charge in [-0.1, -0.05) is 30.3 Å². The second-order valence-corrected chi connectivity index (χ2v) is 7.12. The van der Waals surface area contributed by atoms with Gasteiger partial charge in [0.25, 0.3) is 0 Å². The maximum atomic E-state index is 6.17. The largest absolute Gasteiger partial charge is 0.368 e. The number of hydrogen-bond acceptors (Lipinski definition) is 5. The summed E-state index contributed by atoms with van der Waals surface area (Å²) >= 11 is 0. The van der Waals surface area contributed by atoms with Crippen molar-refractivity contribution in [3.8, 4) is 0 Å². The van der Waals surface area contributed by atoms with E-state index in [0.717, 1.165) is 43.7 Å². The van der Waals surface area contributed by atoms with Crippen molar-refractivity contribution in [1.29, 1.82) is 0 Å². The Kier molecular flexibility index (Phi) is 3.88. The van der Waals surface area contributed by atoms with Crippen LogP contribution >= 0.6 is 0 Å². The Balaban J connectivity index is 1.80. The third kappa shape index (κ3) is 2.63. The van der Waals surface area contributed by atoms with Crippen molar-refractivity contribution in [3.63, 3.8) is 0 Å². The first kappa shape index (κ1) is 15.4. The van der Waals surface area contributed by atoms with Gasteiger partial charge in [-0.3, -0.25) is 0 Å². The zero-order valence-electron chi connectivity index (χ0n) is 14.2. The van der Waals surface area contributed by atoms with E-state index in [4.69, 9.17) is 11.5 Å². The molecule has 1 aliphatic heterocycles. The van der Waals surface area contributed by atoms with E-state index in [-0.39, 0.29) is 6.04 Å². The molecule has 4 rings (SSSR count). The minimum atomic E-state index is 0.209. The molecule has 0 radical (unpaired) electrons. The Bertz CT molecular complexity index is 730. The lowest BCUT2D eigenvalue weighted by Gasteiger charge is -2.31. The van der Waals surface area contributed by atoms with Crippen molar-refractivity contribution in [2.75, 3.05) is 17.2 Å². The van der Waals surface area contributed by atoms with Crippen molar-refractivity contribution in [1.82, 2.24) is 9.97 Å². The van der Waals surface area contributed by atoms with Gasteiger partial charge in [-0.25, -0.2) is 4.98 Å². The highest BCUT2D eigenvalue weighted by Crippen LogP contribution is 2.40. The lowest BCUT2D eigenvalue weighted by Crippen LogP contribution is -2.32. The molecule has 0 bridgehead atoms. The molecule has 2 aliphatic rings. The maximum Gasteiger partial charge on any atom is 0.222 e. The first-order valence-corrected chi connectivity index (χ1v) is 8.87. The van der Waals surface area contributed by atoms with E-state index < -0.39 is 0 Å². The number of rotatable bonds is 2. The molecule has 1 saturated heterocycles. The third-order valence-corrected chi connectivity index (χ3v) is 5.37. The molecule has 0 amide bonds. The number of nitrogens with zero attached hydrogens (tertiary/aromatic N) is 3. The normalized spacial score (nSPS) is 26.4. The second-order valence-electron chi connectivity index (χ2n) is 7.12. The fourth-order valence-electron chi connectivity index (χ4n) is 4.27. The van der Waals surface area contributed by atoms with Crippen LogP contribution in [-0.4, -0.2) is 28.6 Å². The Labute approximate surface area is 143 Å². The van der Waals surface area contributed by atoms with Gasteiger partial charge in [-0.15, -0.1) is 0 Å². The molecule has 1 aromatic heterocycles. The average molecular weight is 323 g/mol. The Hall–Kier alpha value is -2.14. The number of aromatic nitrogens is 2. The molecular weight excluding hydrogens is 298 g/mol. The third-order valence-electron chi connectivity index (χ3n) is 5.37. The van der Waals surface area contributed by atoms with Gasteiger partial charge in [0.1, 0.15) is 5.82 Å². The molecule has 2 heterocycles. The lowest BCUT2D eigenvalue weighted by molar-refractivity contribution is 0.591. The number of benzene rings is 1. The summed E-state index contributed by atoms with van der Waals surface area (Å²) in [6, 6.07) is 11.2. The molecule has 1 aromatic carbocycles. The highest BCUT2D eigenvalue weighted by Gasteiger charge is 2.33. The molecule has 1 fully saturated rings. The van der Waals surface area contributed by atoms with Crippen LogP contribution in [0.1, 0.15) is 48.9 Å². The van der Waals surface area contributed by atoms with Gasteiger partial charge >= 0.3 is 0 Å². The second kappa shape index (κ2) is 6.06. The van der Waals surface area contributed by atoms with Gasteiger partial charge in [-0.05, 0) is 38.2 Å². The van der Waals surface area contributed by atoms with Crippen molar-refractivity contribution < 1.29 is 0 Å². The molecule has 126 valence electrons.